The van der Waals surface area contributed by atoms with Crippen molar-refractivity contribution in [2.24, 2.45) is 5.92 Å². The molecule has 38 heavy (non-hydrogen) atoms. The van der Waals surface area contributed by atoms with Crippen molar-refractivity contribution < 1.29 is 18.7 Å². The van der Waals surface area contributed by atoms with Crippen molar-refractivity contribution >= 4 is 16.9 Å². The maximum absolute atomic E-state index is 13.7. The average Bonchev–Trinajstić information content (AvgIpc) is 3.19. The summed E-state index contributed by atoms with van der Waals surface area (Å²) in [6.07, 6.45) is 1.73. The summed E-state index contributed by atoms with van der Waals surface area (Å²) in [6, 6.07) is 12.3. The van der Waals surface area contributed by atoms with Gasteiger partial charge in [0.15, 0.2) is 16.9 Å². The lowest BCUT2D eigenvalue weighted by molar-refractivity contribution is 0.0720. The molecule has 1 aliphatic rings. The third-order valence-electron chi connectivity index (χ3n) is 7.18. The zero-order valence-electron chi connectivity index (χ0n) is 23.3. The number of nitrogens with zero attached hydrogens (tertiary/aromatic N) is 2. The second-order valence-electron chi connectivity index (χ2n) is 10.1. The normalized spacial score (nSPS) is 15.1. The molecule has 0 bridgehead atoms. The first-order valence-corrected chi connectivity index (χ1v) is 13.9. The van der Waals surface area contributed by atoms with E-state index in [2.05, 4.69) is 32.6 Å². The molecule has 1 aromatic heterocycles. The summed E-state index contributed by atoms with van der Waals surface area (Å²) in [7, 11) is 0. The molecule has 7 nitrogen and oxygen atoms in total. The predicted molar refractivity (Wildman–Crippen MR) is 150 cm³/mol. The van der Waals surface area contributed by atoms with Crippen molar-refractivity contribution in [3.05, 3.63) is 69.6 Å². The number of benzene rings is 2. The van der Waals surface area contributed by atoms with Crippen molar-refractivity contribution in [1.82, 2.24) is 9.80 Å². The molecule has 0 spiro atoms. The minimum Gasteiger partial charge on any atom is -0.490 e. The Morgan fingerprint density at radius 3 is 2.47 bits per heavy atom. The topological polar surface area (TPSA) is 72.2 Å². The number of fused-ring (bicyclic) bond motifs is 2. The summed E-state index contributed by atoms with van der Waals surface area (Å²) < 4.78 is 18.1. The maximum atomic E-state index is 13.7. The molecule has 0 aliphatic carbocycles. The van der Waals surface area contributed by atoms with E-state index in [0.717, 1.165) is 38.0 Å². The Morgan fingerprint density at radius 2 is 1.76 bits per heavy atom. The van der Waals surface area contributed by atoms with Gasteiger partial charge in [0, 0.05) is 6.54 Å². The van der Waals surface area contributed by atoms with Crippen molar-refractivity contribution in [3.63, 3.8) is 0 Å². The molecule has 4 rings (SSSR count). The molecule has 1 atom stereocenters. The van der Waals surface area contributed by atoms with Crippen LogP contribution < -0.4 is 14.9 Å². The van der Waals surface area contributed by atoms with Crippen LogP contribution in [0, 0.1) is 5.92 Å². The highest BCUT2D eigenvalue weighted by atomic mass is 16.5. The molecule has 204 valence electrons. The van der Waals surface area contributed by atoms with Gasteiger partial charge in [-0.1, -0.05) is 45.9 Å². The summed E-state index contributed by atoms with van der Waals surface area (Å²) in [6.45, 7) is 14.9. The van der Waals surface area contributed by atoms with E-state index >= 15 is 0 Å². The van der Waals surface area contributed by atoms with E-state index in [-0.39, 0.29) is 17.1 Å². The fourth-order valence-electron chi connectivity index (χ4n) is 5.04. The summed E-state index contributed by atoms with van der Waals surface area (Å²) in [4.78, 5) is 31.6. The second kappa shape index (κ2) is 12.5. The number of rotatable bonds is 13. The van der Waals surface area contributed by atoms with E-state index < -0.39 is 6.04 Å². The van der Waals surface area contributed by atoms with Crippen LogP contribution in [0.2, 0.25) is 0 Å². The van der Waals surface area contributed by atoms with E-state index in [0.29, 0.717) is 53.7 Å². The molecule has 7 heteroatoms. The smallest absolute Gasteiger partial charge is 0.290 e. The lowest BCUT2D eigenvalue weighted by atomic mass is 9.98. The van der Waals surface area contributed by atoms with Crippen molar-refractivity contribution in [1.29, 1.82) is 0 Å². The van der Waals surface area contributed by atoms with E-state index in [1.165, 1.54) is 0 Å². The quantitative estimate of drug-likeness (QED) is 0.280. The van der Waals surface area contributed by atoms with Gasteiger partial charge >= 0.3 is 0 Å². The van der Waals surface area contributed by atoms with Gasteiger partial charge in [-0.25, -0.2) is 0 Å². The molecule has 0 fully saturated rings. The van der Waals surface area contributed by atoms with Crippen molar-refractivity contribution in [2.75, 3.05) is 39.4 Å². The molecule has 0 radical (unpaired) electrons. The van der Waals surface area contributed by atoms with Crippen LogP contribution in [-0.2, 0) is 0 Å². The van der Waals surface area contributed by atoms with Gasteiger partial charge in [0.25, 0.3) is 5.91 Å². The van der Waals surface area contributed by atoms with Crippen LogP contribution in [0.5, 0.6) is 11.5 Å². The molecule has 3 aromatic rings. The Balaban J connectivity index is 1.76. The van der Waals surface area contributed by atoms with Gasteiger partial charge in [0.2, 0.25) is 5.76 Å². The second-order valence-corrected chi connectivity index (χ2v) is 10.1. The minimum absolute atomic E-state index is 0.136. The van der Waals surface area contributed by atoms with Gasteiger partial charge in [-0.2, -0.15) is 0 Å². The number of ether oxygens (including phenoxy) is 2. The number of carbonyl (C=O) groups excluding carboxylic acids is 1. The summed E-state index contributed by atoms with van der Waals surface area (Å²) in [5.41, 5.74) is 1.47. The summed E-state index contributed by atoms with van der Waals surface area (Å²) in [5, 5.41) is 0.479. The number of hydrogen-bond donors (Lipinski definition) is 0. The maximum Gasteiger partial charge on any atom is 0.290 e. The molecule has 0 saturated heterocycles. The van der Waals surface area contributed by atoms with Crippen LogP contribution in [0.3, 0.4) is 0 Å². The van der Waals surface area contributed by atoms with Crippen molar-refractivity contribution in [3.8, 4) is 11.5 Å². The molecule has 0 N–H and O–H groups in total. The zero-order valence-corrected chi connectivity index (χ0v) is 23.3. The first-order chi connectivity index (χ1) is 18.4. The van der Waals surface area contributed by atoms with Gasteiger partial charge < -0.3 is 23.7 Å². The van der Waals surface area contributed by atoms with Crippen LogP contribution in [-0.4, -0.2) is 55.1 Å². The van der Waals surface area contributed by atoms with Crippen LogP contribution in [0.4, 0.5) is 0 Å². The minimum atomic E-state index is -0.557. The molecule has 1 amide bonds. The third kappa shape index (κ3) is 5.73. The van der Waals surface area contributed by atoms with Gasteiger partial charge in [-0.15, -0.1) is 0 Å². The summed E-state index contributed by atoms with van der Waals surface area (Å²) >= 11 is 0. The Kier molecular flexibility index (Phi) is 9.10. The van der Waals surface area contributed by atoms with Gasteiger partial charge in [0.05, 0.1) is 30.2 Å². The average molecular weight is 521 g/mol. The van der Waals surface area contributed by atoms with Crippen LogP contribution in [0.1, 0.15) is 75.2 Å². The molecule has 2 aromatic carbocycles. The first kappa shape index (κ1) is 27.7. The van der Waals surface area contributed by atoms with Gasteiger partial charge in [-0.05, 0) is 75.1 Å². The first-order valence-electron chi connectivity index (χ1n) is 13.9. The van der Waals surface area contributed by atoms with E-state index in [1.807, 2.05) is 37.3 Å². The van der Waals surface area contributed by atoms with Crippen LogP contribution >= 0.6 is 0 Å². The third-order valence-corrected chi connectivity index (χ3v) is 7.18. The Labute approximate surface area is 225 Å². The number of amides is 1. The van der Waals surface area contributed by atoms with E-state index in [1.54, 1.807) is 17.0 Å². The van der Waals surface area contributed by atoms with Gasteiger partial charge in [-0.3, -0.25) is 9.59 Å². The molecular formula is C31H40N2O5. The molecule has 1 unspecified atom stereocenters. The molecule has 1 aliphatic heterocycles. The lowest BCUT2D eigenvalue weighted by Crippen LogP contribution is -2.33. The largest absolute Gasteiger partial charge is 0.490 e. The van der Waals surface area contributed by atoms with E-state index in [4.69, 9.17) is 13.9 Å². The van der Waals surface area contributed by atoms with Crippen LogP contribution in [0.25, 0.3) is 11.0 Å². The SMILES string of the molecule is CCOc1cc(C2c3c(oc4ccccc4c3=O)C(=O)N2CCCN(CC)CC)ccc1OCCC(C)C. The zero-order chi connectivity index (χ0) is 27.2. The van der Waals surface area contributed by atoms with Crippen LogP contribution in [0.15, 0.2) is 51.7 Å². The highest BCUT2D eigenvalue weighted by Crippen LogP contribution is 2.41. The monoisotopic (exact) mass is 520 g/mol. The Bertz CT molecular complexity index is 1310. The Hall–Kier alpha value is -3.32. The van der Waals surface area contributed by atoms with Crippen molar-refractivity contribution in [2.45, 2.75) is 53.5 Å². The van der Waals surface area contributed by atoms with Gasteiger partial charge in [0.1, 0.15) is 5.58 Å². The highest BCUT2D eigenvalue weighted by molar-refractivity contribution is 5.99. The van der Waals surface area contributed by atoms with E-state index in [9.17, 15) is 9.59 Å². The lowest BCUT2D eigenvalue weighted by Gasteiger charge is -2.27. The summed E-state index contributed by atoms with van der Waals surface area (Å²) in [5.74, 6) is 1.70. The fourth-order valence-corrected chi connectivity index (χ4v) is 5.04. The predicted octanol–water partition coefficient (Wildman–Crippen LogP) is 5.89. The standard InChI is InChI=1S/C31H40N2O5/c1-6-32(7-2)17-11-18-33-28(22-14-15-25(26(20-22)36-8-3)37-19-16-21(4)5)27-29(34)23-12-9-10-13-24(23)38-30(27)31(33)35/h9-10,12-15,20-21,28H,6-8,11,16-19H2,1-5H3. The fraction of sp³-hybridized carbons (Fsp3) is 0.484. The number of hydrogen-bond acceptors (Lipinski definition) is 6. The Morgan fingerprint density at radius 1 is 1.00 bits per heavy atom. The number of para-hydroxylation sites is 1. The number of carbonyl (C=O) groups is 1. The molecular weight excluding hydrogens is 480 g/mol. The highest BCUT2D eigenvalue weighted by Gasteiger charge is 2.42. The molecule has 0 saturated carbocycles. The molecule has 2 heterocycles.